The lowest BCUT2D eigenvalue weighted by Gasteiger charge is -2.09. The van der Waals surface area contributed by atoms with Gasteiger partial charge < -0.3 is 15.6 Å². The van der Waals surface area contributed by atoms with E-state index in [9.17, 15) is 0 Å². The molecule has 92 valence electrons. The third kappa shape index (κ3) is 2.28. The summed E-state index contributed by atoms with van der Waals surface area (Å²) < 4.78 is 5.09. The lowest BCUT2D eigenvalue weighted by molar-refractivity contribution is 0.392. The first-order chi connectivity index (χ1) is 8.61. The van der Waals surface area contributed by atoms with Crippen molar-refractivity contribution in [1.82, 2.24) is 5.16 Å². The average molecular weight is 242 g/mol. The molecule has 1 aromatic heterocycles. The molecule has 2 rings (SSSR count). The van der Waals surface area contributed by atoms with E-state index in [1.54, 1.807) is 18.2 Å². The fourth-order valence-electron chi connectivity index (χ4n) is 1.73. The Balaban J connectivity index is 2.14. The molecule has 0 unspecified atom stereocenters. The molecule has 0 atom stereocenters. The van der Waals surface area contributed by atoms with Gasteiger partial charge in [-0.25, -0.2) is 0 Å². The molecule has 0 radical (unpaired) electrons. The molecule has 3 N–H and O–H groups in total. The summed E-state index contributed by atoms with van der Waals surface area (Å²) in [7, 11) is 0. The highest BCUT2D eigenvalue weighted by Gasteiger charge is 2.09. The minimum atomic E-state index is 0.551. The second-order valence-electron chi connectivity index (χ2n) is 4.07. The van der Waals surface area contributed by atoms with Crippen molar-refractivity contribution >= 4 is 11.4 Å². The number of anilines is 2. The lowest BCUT2D eigenvalue weighted by Crippen LogP contribution is -2.04. The van der Waals surface area contributed by atoms with Gasteiger partial charge in [0, 0.05) is 12.1 Å². The standard InChI is InChI=1S/C13H14N4O/c1-8-11(9(2)18-17-8)7-16-13-4-3-10(6-14)5-12(13)15/h3-5,16H,7,15H2,1-2H3. The second-order valence-corrected chi connectivity index (χ2v) is 4.07. The van der Waals surface area contributed by atoms with E-state index in [-0.39, 0.29) is 0 Å². The number of rotatable bonds is 3. The van der Waals surface area contributed by atoms with Crippen LogP contribution in [0.15, 0.2) is 22.7 Å². The minimum Gasteiger partial charge on any atom is -0.397 e. The summed E-state index contributed by atoms with van der Waals surface area (Å²) in [5, 5.41) is 15.9. The molecule has 0 aliphatic rings. The van der Waals surface area contributed by atoms with Crippen LogP contribution in [0.4, 0.5) is 11.4 Å². The number of benzene rings is 1. The Hall–Kier alpha value is -2.48. The van der Waals surface area contributed by atoms with E-state index < -0.39 is 0 Å². The van der Waals surface area contributed by atoms with Crippen LogP contribution in [0, 0.1) is 25.2 Å². The first-order valence-electron chi connectivity index (χ1n) is 5.57. The number of aryl methyl sites for hydroxylation is 2. The quantitative estimate of drug-likeness (QED) is 0.806. The SMILES string of the molecule is Cc1noc(C)c1CNc1ccc(C#N)cc1N. The topological polar surface area (TPSA) is 87.9 Å². The number of nitriles is 1. The van der Waals surface area contributed by atoms with Crippen molar-refractivity contribution in [2.75, 3.05) is 11.1 Å². The third-order valence-corrected chi connectivity index (χ3v) is 2.82. The smallest absolute Gasteiger partial charge is 0.138 e. The molecule has 0 fully saturated rings. The fraction of sp³-hybridized carbons (Fsp3) is 0.231. The predicted octanol–water partition coefficient (Wildman–Crippen LogP) is 2.36. The normalized spacial score (nSPS) is 10.1. The molecule has 0 aliphatic carbocycles. The first kappa shape index (κ1) is 12.0. The molecule has 2 aromatic rings. The molecule has 5 heteroatoms. The summed E-state index contributed by atoms with van der Waals surface area (Å²) in [6.45, 7) is 4.37. The third-order valence-electron chi connectivity index (χ3n) is 2.82. The maximum absolute atomic E-state index is 8.76. The molecule has 0 aliphatic heterocycles. The number of nitrogens with zero attached hydrogens (tertiary/aromatic N) is 2. The van der Waals surface area contributed by atoms with E-state index in [4.69, 9.17) is 15.5 Å². The van der Waals surface area contributed by atoms with Gasteiger partial charge in [-0.3, -0.25) is 0 Å². The van der Waals surface area contributed by atoms with Crippen LogP contribution in [0.2, 0.25) is 0 Å². The number of aromatic nitrogens is 1. The lowest BCUT2D eigenvalue weighted by atomic mass is 10.1. The van der Waals surface area contributed by atoms with Crippen molar-refractivity contribution in [3.8, 4) is 6.07 Å². The molecular weight excluding hydrogens is 228 g/mol. The maximum Gasteiger partial charge on any atom is 0.138 e. The van der Waals surface area contributed by atoms with E-state index in [2.05, 4.69) is 16.5 Å². The van der Waals surface area contributed by atoms with Crippen molar-refractivity contribution in [1.29, 1.82) is 5.26 Å². The molecule has 0 spiro atoms. The molecule has 1 aromatic carbocycles. The monoisotopic (exact) mass is 242 g/mol. The van der Waals surface area contributed by atoms with Crippen molar-refractivity contribution in [3.63, 3.8) is 0 Å². The van der Waals surface area contributed by atoms with Crippen LogP contribution in [0.3, 0.4) is 0 Å². The van der Waals surface area contributed by atoms with Crippen LogP contribution in [-0.2, 0) is 6.54 Å². The summed E-state index contributed by atoms with van der Waals surface area (Å²) in [5.74, 6) is 0.798. The van der Waals surface area contributed by atoms with Crippen LogP contribution < -0.4 is 11.1 Å². The Bertz CT molecular complexity index is 590. The number of nitrogen functional groups attached to an aromatic ring is 1. The Labute approximate surface area is 105 Å². The van der Waals surface area contributed by atoms with E-state index in [0.717, 1.165) is 22.7 Å². The number of nitrogens with two attached hydrogens (primary N) is 1. The van der Waals surface area contributed by atoms with Gasteiger partial charge in [0.05, 0.1) is 28.7 Å². The van der Waals surface area contributed by atoms with Gasteiger partial charge in [0.2, 0.25) is 0 Å². The van der Waals surface area contributed by atoms with Gasteiger partial charge in [0.25, 0.3) is 0 Å². The van der Waals surface area contributed by atoms with E-state index >= 15 is 0 Å². The molecule has 0 amide bonds. The first-order valence-corrected chi connectivity index (χ1v) is 5.57. The number of hydrogen-bond acceptors (Lipinski definition) is 5. The molecule has 5 nitrogen and oxygen atoms in total. The maximum atomic E-state index is 8.76. The molecular formula is C13H14N4O. The van der Waals surface area contributed by atoms with E-state index in [1.807, 2.05) is 13.8 Å². The Morgan fingerprint density at radius 3 is 2.78 bits per heavy atom. The number of nitrogens with one attached hydrogen (secondary N) is 1. The van der Waals surface area contributed by atoms with Crippen molar-refractivity contribution in [2.24, 2.45) is 0 Å². The highest BCUT2D eigenvalue weighted by atomic mass is 16.5. The average Bonchev–Trinajstić information content (AvgIpc) is 2.68. The van der Waals surface area contributed by atoms with Gasteiger partial charge in [-0.15, -0.1) is 0 Å². The zero-order chi connectivity index (χ0) is 13.1. The molecule has 0 saturated carbocycles. The highest BCUT2D eigenvalue weighted by molar-refractivity contribution is 5.68. The minimum absolute atomic E-state index is 0.551. The van der Waals surface area contributed by atoms with Crippen LogP contribution in [-0.4, -0.2) is 5.16 Å². The van der Waals surface area contributed by atoms with Gasteiger partial charge in [-0.2, -0.15) is 5.26 Å². The van der Waals surface area contributed by atoms with Crippen LogP contribution in [0.1, 0.15) is 22.6 Å². The zero-order valence-corrected chi connectivity index (χ0v) is 10.3. The van der Waals surface area contributed by atoms with Crippen molar-refractivity contribution < 1.29 is 4.52 Å². The predicted molar refractivity (Wildman–Crippen MR) is 68.9 cm³/mol. The molecule has 0 bridgehead atoms. The molecule has 0 saturated heterocycles. The van der Waals surface area contributed by atoms with Gasteiger partial charge >= 0.3 is 0 Å². The fourth-order valence-corrected chi connectivity index (χ4v) is 1.73. The Kier molecular flexibility index (Phi) is 3.20. The van der Waals surface area contributed by atoms with Gasteiger partial charge in [-0.05, 0) is 32.0 Å². The zero-order valence-electron chi connectivity index (χ0n) is 10.3. The molecule has 18 heavy (non-hydrogen) atoms. The summed E-state index contributed by atoms with van der Waals surface area (Å²) in [6.07, 6.45) is 0. The van der Waals surface area contributed by atoms with E-state index in [1.165, 1.54) is 0 Å². The van der Waals surface area contributed by atoms with Gasteiger partial charge in [0.1, 0.15) is 5.76 Å². The largest absolute Gasteiger partial charge is 0.397 e. The van der Waals surface area contributed by atoms with Gasteiger partial charge in [-0.1, -0.05) is 5.16 Å². The summed E-state index contributed by atoms with van der Waals surface area (Å²) in [5.41, 5.74) is 9.66. The molecule has 1 heterocycles. The Morgan fingerprint density at radius 1 is 1.44 bits per heavy atom. The van der Waals surface area contributed by atoms with E-state index in [0.29, 0.717) is 17.8 Å². The Morgan fingerprint density at radius 2 is 2.22 bits per heavy atom. The number of hydrogen-bond donors (Lipinski definition) is 2. The summed E-state index contributed by atoms with van der Waals surface area (Å²) in [6, 6.07) is 7.22. The van der Waals surface area contributed by atoms with Crippen molar-refractivity contribution in [2.45, 2.75) is 20.4 Å². The van der Waals surface area contributed by atoms with Crippen molar-refractivity contribution in [3.05, 3.63) is 40.8 Å². The second kappa shape index (κ2) is 4.80. The highest BCUT2D eigenvalue weighted by Crippen LogP contribution is 2.21. The summed E-state index contributed by atoms with van der Waals surface area (Å²) >= 11 is 0. The van der Waals surface area contributed by atoms with Crippen LogP contribution in [0.25, 0.3) is 0 Å². The van der Waals surface area contributed by atoms with Gasteiger partial charge in [0.15, 0.2) is 0 Å². The summed E-state index contributed by atoms with van der Waals surface area (Å²) in [4.78, 5) is 0. The van der Waals surface area contributed by atoms with Crippen LogP contribution >= 0.6 is 0 Å². The van der Waals surface area contributed by atoms with Crippen LogP contribution in [0.5, 0.6) is 0 Å².